The van der Waals surface area contributed by atoms with Crippen LogP contribution < -0.4 is 9.05 Å². The number of halogens is 4. The molecule has 2 aromatic rings. The van der Waals surface area contributed by atoms with E-state index in [-0.39, 0.29) is 0 Å². The largest absolute Gasteiger partial charge is 0.585 e. The molecular weight excluding hydrogens is 315 g/mol. The van der Waals surface area contributed by atoms with E-state index in [1.54, 1.807) is 0 Å². The molecule has 0 amide bonds. The van der Waals surface area contributed by atoms with E-state index in [0.29, 0.717) is 12.1 Å². The lowest BCUT2D eigenvalue weighted by Crippen LogP contribution is -2.02. The van der Waals surface area contributed by atoms with Crippen LogP contribution in [0.2, 0.25) is 0 Å². The maximum atomic E-state index is 13.3. The molecule has 112 valence electrons. The van der Waals surface area contributed by atoms with Crippen molar-refractivity contribution in [2.75, 3.05) is 0 Å². The molecule has 0 aliphatic carbocycles. The second kappa shape index (κ2) is 5.75. The molecule has 0 unspecified atom stereocenters. The fraction of sp³-hybridized carbons (Fsp3) is 0. The SMILES string of the molecule is O=P(O)(Oc1ccc(F)cc1F)Oc1ccc(F)cc1F. The smallest absolute Gasteiger partial charge is 0.392 e. The van der Waals surface area contributed by atoms with Gasteiger partial charge in [0.05, 0.1) is 0 Å². The van der Waals surface area contributed by atoms with Gasteiger partial charge in [-0.3, -0.25) is 4.89 Å². The molecule has 2 aromatic carbocycles. The molecule has 0 bridgehead atoms. The van der Waals surface area contributed by atoms with Crippen molar-refractivity contribution in [2.45, 2.75) is 0 Å². The zero-order valence-corrected chi connectivity index (χ0v) is 11.0. The highest BCUT2D eigenvalue weighted by atomic mass is 31.2. The Balaban J connectivity index is 2.20. The van der Waals surface area contributed by atoms with Crippen LogP contribution in [-0.4, -0.2) is 4.89 Å². The third-order valence-electron chi connectivity index (χ3n) is 2.22. The van der Waals surface area contributed by atoms with Gasteiger partial charge in [-0.05, 0) is 24.3 Å². The van der Waals surface area contributed by atoms with Gasteiger partial charge in [0.1, 0.15) is 11.6 Å². The fourth-order valence-electron chi connectivity index (χ4n) is 1.37. The maximum Gasteiger partial charge on any atom is 0.585 e. The minimum atomic E-state index is -4.95. The zero-order valence-electron chi connectivity index (χ0n) is 10.1. The van der Waals surface area contributed by atoms with Crippen LogP contribution in [0.15, 0.2) is 36.4 Å². The predicted molar refractivity (Wildman–Crippen MR) is 63.8 cm³/mol. The van der Waals surface area contributed by atoms with Gasteiger partial charge in [0.2, 0.25) is 0 Å². The van der Waals surface area contributed by atoms with Gasteiger partial charge >= 0.3 is 7.82 Å². The Morgan fingerprint density at radius 2 is 1.19 bits per heavy atom. The van der Waals surface area contributed by atoms with Crippen LogP contribution in [0.4, 0.5) is 17.6 Å². The zero-order chi connectivity index (χ0) is 15.6. The van der Waals surface area contributed by atoms with Gasteiger partial charge in [0, 0.05) is 12.1 Å². The molecule has 0 heterocycles. The summed E-state index contributed by atoms with van der Waals surface area (Å²) in [5, 5.41) is 0. The first-order chi connectivity index (χ1) is 9.77. The second-order valence-electron chi connectivity index (χ2n) is 3.80. The van der Waals surface area contributed by atoms with Gasteiger partial charge in [-0.15, -0.1) is 0 Å². The van der Waals surface area contributed by atoms with Gasteiger partial charge in [0.25, 0.3) is 0 Å². The number of benzene rings is 2. The van der Waals surface area contributed by atoms with Crippen LogP contribution in [0.3, 0.4) is 0 Å². The summed E-state index contributed by atoms with van der Waals surface area (Å²) in [4.78, 5) is 9.40. The lowest BCUT2D eigenvalue weighted by molar-refractivity contribution is 0.280. The van der Waals surface area contributed by atoms with E-state index in [0.717, 1.165) is 24.3 Å². The van der Waals surface area contributed by atoms with Gasteiger partial charge < -0.3 is 9.05 Å². The molecule has 0 aliphatic rings. The molecule has 9 heteroatoms. The molecule has 0 aromatic heterocycles. The van der Waals surface area contributed by atoms with Crippen LogP contribution in [0.25, 0.3) is 0 Å². The summed E-state index contributed by atoms with van der Waals surface area (Å²) in [6.45, 7) is 0. The number of phosphoric ester groups is 1. The maximum absolute atomic E-state index is 13.3. The number of rotatable bonds is 4. The van der Waals surface area contributed by atoms with Crippen LogP contribution in [0.5, 0.6) is 11.5 Å². The van der Waals surface area contributed by atoms with Crippen molar-refractivity contribution in [2.24, 2.45) is 0 Å². The molecule has 0 spiro atoms. The minimum absolute atomic E-state index is 0.424. The molecule has 0 saturated heterocycles. The molecule has 0 saturated carbocycles. The van der Waals surface area contributed by atoms with E-state index in [2.05, 4.69) is 9.05 Å². The Kier molecular flexibility index (Phi) is 4.20. The summed E-state index contributed by atoms with van der Waals surface area (Å²) >= 11 is 0. The number of hydrogen-bond acceptors (Lipinski definition) is 3. The molecule has 0 fully saturated rings. The van der Waals surface area contributed by atoms with Crippen molar-refractivity contribution in [3.05, 3.63) is 59.7 Å². The second-order valence-corrected chi connectivity index (χ2v) is 5.10. The Hall–Kier alpha value is -2.05. The normalized spacial score (nSPS) is 11.3. The van der Waals surface area contributed by atoms with E-state index in [9.17, 15) is 27.0 Å². The molecule has 0 aliphatic heterocycles. The van der Waals surface area contributed by atoms with Crippen LogP contribution in [0, 0.1) is 23.3 Å². The topological polar surface area (TPSA) is 55.8 Å². The number of phosphoric acid groups is 1. The molecule has 21 heavy (non-hydrogen) atoms. The third-order valence-corrected chi connectivity index (χ3v) is 3.07. The summed E-state index contributed by atoms with van der Waals surface area (Å²) in [7, 11) is -4.95. The minimum Gasteiger partial charge on any atom is -0.392 e. The van der Waals surface area contributed by atoms with E-state index >= 15 is 0 Å². The highest BCUT2D eigenvalue weighted by Crippen LogP contribution is 2.45. The summed E-state index contributed by atoms with van der Waals surface area (Å²) in [5.74, 6) is -5.84. The Morgan fingerprint density at radius 1 is 0.810 bits per heavy atom. The van der Waals surface area contributed by atoms with E-state index < -0.39 is 42.6 Å². The first-order valence-electron chi connectivity index (χ1n) is 5.39. The van der Waals surface area contributed by atoms with E-state index in [4.69, 9.17) is 0 Å². The standard InChI is InChI=1S/C12H7F4O4P/c13-7-1-3-11(9(15)5-7)19-21(17,18)20-12-4-2-8(14)6-10(12)16/h1-6H,(H,17,18). The van der Waals surface area contributed by atoms with Crippen molar-refractivity contribution < 1.29 is 36.1 Å². The van der Waals surface area contributed by atoms with E-state index in [1.807, 2.05) is 0 Å². The van der Waals surface area contributed by atoms with Crippen LogP contribution >= 0.6 is 7.82 Å². The monoisotopic (exact) mass is 322 g/mol. The highest BCUT2D eigenvalue weighted by Gasteiger charge is 2.28. The molecule has 0 radical (unpaired) electrons. The molecule has 1 N–H and O–H groups in total. The first kappa shape index (κ1) is 15.3. The van der Waals surface area contributed by atoms with E-state index in [1.165, 1.54) is 0 Å². The van der Waals surface area contributed by atoms with Gasteiger partial charge in [-0.2, -0.15) is 0 Å². The van der Waals surface area contributed by atoms with Gasteiger partial charge in [0.15, 0.2) is 23.1 Å². The van der Waals surface area contributed by atoms with Crippen molar-refractivity contribution in [1.82, 2.24) is 0 Å². The van der Waals surface area contributed by atoms with Crippen molar-refractivity contribution >= 4 is 7.82 Å². The average Bonchev–Trinajstić information content (AvgIpc) is 2.36. The Labute approximate surface area is 116 Å². The predicted octanol–water partition coefficient (Wildman–Crippen LogP) is 3.80. The third kappa shape index (κ3) is 3.96. The quantitative estimate of drug-likeness (QED) is 0.687. The lowest BCUT2D eigenvalue weighted by atomic mass is 10.3. The molecular formula is C12H7F4O4P. The van der Waals surface area contributed by atoms with Gasteiger partial charge in [-0.1, -0.05) is 0 Å². The highest BCUT2D eigenvalue weighted by molar-refractivity contribution is 7.48. The average molecular weight is 322 g/mol. The first-order valence-corrected chi connectivity index (χ1v) is 6.88. The lowest BCUT2D eigenvalue weighted by Gasteiger charge is -2.14. The Bertz CT molecular complexity index is 665. The number of hydrogen-bond donors (Lipinski definition) is 1. The van der Waals surface area contributed by atoms with Crippen molar-refractivity contribution in [1.29, 1.82) is 0 Å². The molecule has 0 atom stereocenters. The summed E-state index contributed by atoms with van der Waals surface area (Å²) < 4.78 is 72.2. The summed E-state index contributed by atoms with van der Waals surface area (Å²) in [5.41, 5.74) is 0. The van der Waals surface area contributed by atoms with Gasteiger partial charge in [-0.25, -0.2) is 22.1 Å². The summed E-state index contributed by atoms with van der Waals surface area (Å²) in [6.07, 6.45) is 0. The van der Waals surface area contributed by atoms with Crippen molar-refractivity contribution in [3.8, 4) is 11.5 Å². The van der Waals surface area contributed by atoms with Crippen molar-refractivity contribution in [3.63, 3.8) is 0 Å². The molecule has 2 rings (SSSR count). The van der Waals surface area contributed by atoms with Crippen LogP contribution in [0.1, 0.15) is 0 Å². The molecule has 4 nitrogen and oxygen atoms in total. The Morgan fingerprint density at radius 3 is 1.52 bits per heavy atom. The summed E-state index contributed by atoms with van der Waals surface area (Å²) in [6, 6.07) is 3.95. The fourth-order valence-corrected chi connectivity index (χ4v) is 2.20. The van der Waals surface area contributed by atoms with Crippen LogP contribution in [-0.2, 0) is 4.57 Å².